The monoisotopic (exact) mass is 572 g/mol. The Balaban J connectivity index is 1.38. The number of para-hydroxylation sites is 1. The molecule has 40 heavy (non-hydrogen) atoms. The topological polar surface area (TPSA) is 127 Å². The molecule has 1 amide bonds. The van der Waals surface area contributed by atoms with E-state index in [1.807, 2.05) is 30.3 Å². The standard InChI is InChI=1S/C29H18Cl2N4O5/c30-20-14-22-25(17-6-2-1-3-7-17)27(33-26(22)23(31)15-20)28(36)34-32-16-19-8-4-5-9-24(19)40-29(37)18-10-12-21(13-11-18)35(38)39/h1-16,33H,(H,34,36). The fraction of sp³-hybridized carbons (Fsp3) is 0. The Morgan fingerprint density at radius 2 is 1.65 bits per heavy atom. The van der Waals surface area contributed by atoms with Gasteiger partial charge in [0, 0.05) is 33.7 Å². The molecule has 11 heteroatoms. The number of fused-ring (bicyclic) bond motifs is 1. The van der Waals surface area contributed by atoms with Gasteiger partial charge in [0.15, 0.2) is 0 Å². The number of aromatic nitrogens is 1. The van der Waals surface area contributed by atoms with Crippen LogP contribution in [0.15, 0.2) is 96.1 Å². The van der Waals surface area contributed by atoms with Crippen molar-refractivity contribution in [1.29, 1.82) is 0 Å². The molecule has 0 aliphatic heterocycles. The Morgan fingerprint density at radius 3 is 2.38 bits per heavy atom. The molecule has 2 N–H and O–H groups in total. The molecule has 0 radical (unpaired) electrons. The number of rotatable bonds is 7. The smallest absolute Gasteiger partial charge is 0.343 e. The molecule has 0 saturated heterocycles. The van der Waals surface area contributed by atoms with Crippen molar-refractivity contribution in [3.8, 4) is 16.9 Å². The SMILES string of the molecule is O=C(Oc1ccccc1C=NNC(=O)c1[nH]c2c(Cl)cc(Cl)cc2c1-c1ccccc1)c1ccc([N+](=O)[O-])cc1. The summed E-state index contributed by atoms with van der Waals surface area (Å²) < 4.78 is 5.47. The number of ether oxygens (including phenoxy) is 1. The number of aromatic amines is 1. The normalized spacial score (nSPS) is 11.1. The Morgan fingerprint density at radius 1 is 0.950 bits per heavy atom. The summed E-state index contributed by atoms with van der Waals surface area (Å²) in [5.74, 6) is -1.05. The predicted molar refractivity (Wildman–Crippen MR) is 153 cm³/mol. The Hall–Kier alpha value is -4.99. The van der Waals surface area contributed by atoms with Crippen LogP contribution in [0.25, 0.3) is 22.0 Å². The number of carbonyl (C=O) groups excluding carboxylic acids is 2. The number of nitro benzene ring substituents is 1. The number of halogens is 2. The second-order valence-electron chi connectivity index (χ2n) is 8.48. The summed E-state index contributed by atoms with van der Waals surface area (Å²) in [7, 11) is 0. The highest BCUT2D eigenvalue weighted by atomic mass is 35.5. The van der Waals surface area contributed by atoms with Crippen LogP contribution < -0.4 is 10.2 Å². The number of H-pyrrole nitrogens is 1. The summed E-state index contributed by atoms with van der Waals surface area (Å²) in [4.78, 5) is 39.2. The van der Waals surface area contributed by atoms with E-state index in [-0.39, 0.29) is 22.7 Å². The minimum atomic E-state index is -0.707. The molecule has 1 aromatic heterocycles. The lowest BCUT2D eigenvalue weighted by Gasteiger charge is -2.07. The molecule has 0 saturated carbocycles. The average molecular weight is 573 g/mol. The summed E-state index contributed by atoms with van der Waals surface area (Å²) >= 11 is 12.6. The number of amides is 1. The minimum absolute atomic E-state index is 0.136. The first-order valence-corrected chi connectivity index (χ1v) is 12.5. The van der Waals surface area contributed by atoms with Crippen molar-refractivity contribution in [3.63, 3.8) is 0 Å². The number of non-ortho nitro benzene ring substituents is 1. The number of carbonyl (C=O) groups is 2. The van der Waals surface area contributed by atoms with Gasteiger partial charge in [-0.25, -0.2) is 10.2 Å². The first kappa shape index (κ1) is 26.6. The minimum Gasteiger partial charge on any atom is -0.422 e. The maximum absolute atomic E-state index is 13.3. The fourth-order valence-corrected chi connectivity index (χ4v) is 4.61. The van der Waals surface area contributed by atoms with Gasteiger partial charge in [0.25, 0.3) is 11.6 Å². The van der Waals surface area contributed by atoms with Crippen molar-refractivity contribution in [3.05, 3.63) is 128 Å². The van der Waals surface area contributed by atoms with E-state index in [2.05, 4.69) is 15.5 Å². The highest BCUT2D eigenvalue weighted by Crippen LogP contribution is 2.37. The van der Waals surface area contributed by atoms with E-state index < -0.39 is 16.8 Å². The first-order chi connectivity index (χ1) is 19.3. The lowest BCUT2D eigenvalue weighted by molar-refractivity contribution is -0.384. The number of esters is 1. The molecular formula is C29H18Cl2N4O5. The van der Waals surface area contributed by atoms with Gasteiger partial charge in [-0.05, 0) is 42.0 Å². The van der Waals surface area contributed by atoms with Crippen LogP contribution in [0.4, 0.5) is 5.69 Å². The molecule has 0 unspecified atom stereocenters. The zero-order chi connectivity index (χ0) is 28.2. The van der Waals surface area contributed by atoms with Crippen molar-refractivity contribution in [1.82, 2.24) is 10.4 Å². The number of hydrogen-bond acceptors (Lipinski definition) is 6. The number of hydrogen-bond donors (Lipinski definition) is 2. The van der Waals surface area contributed by atoms with Gasteiger partial charge >= 0.3 is 5.97 Å². The van der Waals surface area contributed by atoms with Gasteiger partial charge in [-0.15, -0.1) is 0 Å². The molecule has 5 aromatic rings. The summed E-state index contributed by atoms with van der Waals surface area (Å²) in [5.41, 5.74) is 5.10. The molecule has 0 fully saturated rings. The largest absolute Gasteiger partial charge is 0.422 e. The molecule has 0 atom stereocenters. The number of nitrogens with zero attached hydrogens (tertiary/aromatic N) is 2. The van der Waals surface area contributed by atoms with Crippen molar-refractivity contribution < 1.29 is 19.2 Å². The summed E-state index contributed by atoms with van der Waals surface area (Å²) in [6.45, 7) is 0. The number of hydrazone groups is 1. The van der Waals surface area contributed by atoms with Crippen LogP contribution in [0.2, 0.25) is 10.0 Å². The molecule has 0 aliphatic rings. The third-order valence-electron chi connectivity index (χ3n) is 5.92. The van der Waals surface area contributed by atoms with Gasteiger partial charge in [-0.1, -0.05) is 65.7 Å². The Kier molecular flexibility index (Phi) is 7.59. The van der Waals surface area contributed by atoms with Crippen LogP contribution in [0, 0.1) is 10.1 Å². The van der Waals surface area contributed by atoms with E-state index in [1.165, 1.54) is 30.5 Å². The van der Waals surface area contributed by atoms with E-state index in [9.17, 15) is 19.7 Å². The molecular weight excluding hydrogens is 555 g/mol. The molecule has 0 bridgehead atoms. The second kappa shape index (κ2) is 11.4. The fourth-order valence-electron chi connectivity index (χ4n) is 4.07. The van der Waals surface area contributed by atoms with E-state index >= 15 is 0 Å². The Bertz CT molecular complexity index is 1780. The van der Waals surface area contributed by atoms with Crippen LogP contribution in [0.3, 0.4) is 0 Å². The van der Waals surface area contributed by atoms with Gasteiger partial charge in [0.1, 0.15) is 11.4 Å². The zero-order valence-electron chi connectivity index (χ0n) is 20.4. The van der Waals surface area contributed by atoms with Gasteiger partial charge in [-0.3, -0.25) is 14.9 Å². The van der Waals surface area contributed by atoms with E-state index in [0.29, 0.717) is 32.1 Å². The van der Waals surface area contributed by atoms with Crippen LogP contribution in [0.1, 0.15) is 26.4 Å². The van der Waals surface area contributed by atoms with Crippen molar-refractivity contribution >= 4 is 57.9 Å². The Labute approximate surface area is 237 Å². The van der Waals surface area contributed by atoms with Crippen LogP contribution in [-0.2, 0) is 0 Å². The highest BCUT2D eigenvalue weighted by Gasteiger charge is 2.21. The maximum Gasteiger partial charge on any atom is 0.343 e. The second-order valence-corrected chi connectivity index (χ2v) is 9.33. The maximum atomic E-state index is 13.3. The van der Waals surface area contributed by atoms with E-state index in [1.54, 1.807) is 36.4 Å². The molecule has 4 aromatic carbocycles. The average Bonchev–Trinajstić information content (AvgIpc) is 3.34. The van der Waals surface area contributed by atoms with Crippen LogP contribution in [0.5, 0.6) is 5.75 Å². The molecule has 198 valence electrons. The number of benzene rings is 4. The third kappa shape index (κ3) is 5.56. The van der Waals surface area contributed by atoms with E-state index in [4.69, 9.17) is 27.9 Å². The number of nitro groups is 1. The molecule has 5 rings (SSSR count). The molecule has 9 nitrogen and oxygen atoms in total. The van der Waals surface area contributed by atoms with Gasteiger partial charge in [0.05, 0.1) is 27.2 Å². The molecule has 1 heterocycles. The van der Waals surface area contributed by atoms with Crippen LogP contribution >= 0.6 is 23.2 Å². The number of nitrogens with one attached hydrogen (secondary N) is 2. The van der Waals surface area contributed by atoms with Crippen LogP contribution in [-0.4, -0.2) is 28.0 Å². The van der Waals surface area contributed by atoms with Crippen molar-refractivity contribution in [2.45, 2.75) is 0 Å². The van der Waals surface area contributed by atoms with Gasteiger partial charge in [-0.2, -0.15) is 5.10 Å². The van der Waals surface area contributed by atoms with Gasteiger partial charge < -0.3 is 9.72 Å². The summed E-state index contributed by atoms with van der Waals surface area (Å²) in [6.07, 6.45) is 1.34. The molecule has 0 spiro atoms. The van der Waals surface area contributed by atoms with Crippen molar-refractivity contribution in [2.24, 2.45) is 5.10 Å². The van der Waals surface area contributed by atoms with Gasteiger partial charge in [0.2, 0.25) is 0 Å². The summed E-state index contributed by atoms with van der Waals surface area (Å²) in [6, 6.07) is 24.3. The van der Waals surface area contributed by atoms with Crippen molar-refractivity contribution in [2.75, 3.05) is 0 Å². The lowest BCUT2D eigenvalue weighted by atomic mass is 10.0. The summed E-state index contributed by atoms with van der Waals surface area (Å²) in [5, 5.41) is 16.4. The highest BCUT2D eigenvalue weighted by molar-refractivity contribution is 6.39. The predicted octanol–water partition coefficient (Wildman–Crippen LogP) is 7.03. The quantitative estimate of drug-likeness (QED) is 0.0711. The zero-order valence-corrected chi connectivity index (χ0v) is 21.9. The lowest BCUT2D eigenvalue weighted by Crippen LogP contribution is -2.19. The third-order valence-corrected chi connectivity index (χ3v) is 6.44. The first-order valence-electron chi connectivity index (χ1n) is 11.8. The van der Waals surface area contributed by atoms with E-state index in [0.717, 1.165) is 5.56 Å². The molecule has 0 aliphatic carbocycles.